The first-order chi connectivity index (χ1) is 11.3. The Morgan fingerprint density at radius 1 is 1.13 bits per heavy atom. The fourth-order valence-corrected chi connectivity index (χ4v) is 3.07. The number of hydrogen-bond donors (Lipinski definition) is 1. The molecule has 1 N–H and O–H groups in total. The van der Waals surface area contributed by atoms with E-state index in [-0.39, 0.29) is 5.91 Å². The molecule has 0 aliphatic carbocycles. The van der Waals surface area contributed by atoms with Crippen LogP contribution in [0.4, 0.5) is 0 Å². The molecule has 0 saturated heterocycles. The van der Waals surface area contributed by atoms with Crippen molar-refractivity contribution in [2.45, 2.75) is 6.54 Å². The van der Waals surface area contributed by atoms with Crippen molar-refractivity contribution < 1.29 is 9.53 Å². The van der Waals surface area contributed by atoms with Crippen molar-refractivity contribution in [1.29, 1.82) is 0 Å². The zero-order chi connectivity index (χ0) is 16.1. The van der Waals surface area contributed by atoms with Crippen LogP contribution < -0.4 is 10.1 Å². The van der Waals surface area contributed by atoms with E-state index < -0.39 is 0 Å². The maximum absolute atomic E-state index is 12.3. The number of thiophene rings is 1. The van der Waals surface area contributed by atoms with Crippen LogP contribution in [0.3, 0.4) is 0 Å². The minimum atomic E-state index is -0.107. The van der Waals surface area contributed by atoms with Crippen molar-refractivity contribution in [3.05, 3.63) is 76.5 Å². The Hall–Kier alpha value is -2.59. The minimum Gasteiger partial charge on any atom is -0.497 e. The van der Waals surface area contributed by atoms with Crippen molar-refractivity contribution in [2.24, 2.45) is 0 Å². The Bertz CT molecular complexity index is 797. The zero-order valence-corrected chi connectivity index (χ0v) is 13.6. The lowest BCUT2D eigenvalue weighted by molar-refractivity contribution is 0.0950. The molecule has 0 spiro atoms. The lowest BCUT2D eigenvalue weighted by Gasteiger charge is -2.10. The second-order valence-corrected chi connectivity index (χ2v) is 5.86. The molecule has 0 atom stereocenters. The molecule has 0 aliphatic heterocycles. The molecule has 3 aromatic rings. The van der Waals surface area contributed by atoms with Gasteiger partial charge in [0.25, 0.3) is 5.91 Å². The Labute approximate surface area is 139 Å². The molecule has 116 valence electrons. The molecule has 0 aliphatic rings. The molecular formula is C19H17NO2S. The maximum atomic E-state index is 12.3. The monoisotopic (exact) mass is 323 g/mol. The molecule has 0 bridgehead atoms. The third-order valence-electron chi connectivity index (χ3n) is 3.62. The van der Waals surface area contributed by atoms with E-state index in [0.29, 0.717) is 17.9 Å². The van der Waals surface area contributed by atoms with Gasteiger partial charge in [-0.25, -0.2) is 0 Å². The van der Waals surface area contributed by atoms with Crippen LogP contribution >= 0.6 is 11.3 Å². The highest BCUT2D eigenvalue weighted by molar-refractivity contribution is 7.08. The summed E-state index contributed by atoms with van der Waals surface area (Å²) < 4.78 is 5.16. The fourth-order valence-electron chi connectivity index (χ4n) is 2.42. The van der Waals surface area contributed by atoms with Gasteiger partial charge in [-0.15, -0.1) is 0 Å². The van der Waals surface area contributed by atoms with Gasteiger partial charge in [0.05, 0.1) is 7.11 Å². The van der Waals surface area contributed by atoms with Crippen LogP contribution in [0.2, 0.25) is 0 Å². The van der Waals surface area contributed by atoms with Gasteiger partial charge in [-0.3, -0.25) is 4.79 Å². The van der Waals surface area contributed by atoms with E-state index in [2.05, 4.69) is 28.2 Å². The normalized spacial score (nSPS) is 10.3. The smallest absolute Gasteiger partial charge is 0.251 e. The first kappa shape index (κ1) is 15.3. The van der Waals surface area contributed by atoms with E-state index in [0.717, 1.165) is 11.1 Å². The summed E-state index contributed by atoms with van der Waals surface area (Å²) >= 11 is 1.67. The largest absolute Gasteiger partial charge is 0.497 e. The molecule has 0 unspecified atom stereocenters. The quantitative estimate of drug-likeness (QED) is 0.758. The zero-order valence-electron chi connectivity index (χ0n) is 12.8. The number of nitrogens with one attached hydrogen (secondary N) is 1. The average Bonchev–Trinajstić information content (AvgIpc) is 3.14. The number of amides is 1. The Morgan fingerprint density at radius 2 is 2.00 bits per heavy atom. The Morgan fingerprint density at radius 3 is 2.78 bits per heavy atom. The van der Waals surface area contributed by atoms with E-state index in [4.69, 9.17) is 4.74 Å². The van der Waals surface area contributed by atoms with Crippen LogP contribution in [-0.2, 0) is 6.54 Å². The lowest BCUT2D eigenvalue weighted by Crippen LogP contribution is -2.23. The molecule has 1 aromatic heterocycles. The molecular weight excluding hydrogens is 306 g/mol. The van der Waals surface area contributed by atoms with Gasteiger partial charge in [0.15, 0.2) is 0 Å². The van der Waals surface area contributed by atoms with E-state index >= 15 is 0 Å². The maximum Gasteiger partial charge on any atom is 0.251 e. The summed E-state index contributed by atoms with van der Waals surface area (Å²) in [7, 11) is 1.59. The molecule has 3 rings (SSSR count). The van der Waals surface area contributed by atoms with Crippen molar-refractivity contribution >= 4 is 17.2 Å². The van der Waals surface area contributed by atoms with Crippen LogP contribution in [0.15, 0.2) is 65.4 Å². The fraction of sp³-hybridized carbons (Fsp3) is 0.105. The molecule has 4 heteroatoms. The van der Waals surface area contributed by atoms with Gasteiger partial charge in [0, 0.05) is 12.1 Å². The van der Waals surface area contributed by atoms with Crippen LogP contribution in [0, 0.1) is 0 Å². The number of ether oxygens (including phenoxy) is 1. The lowest BCUT2D eigenvalue weighted by atomic mass is 10.0. The minimum absolute atomic E-state index is 0.107. The highest BCUT2D eigenvalue weighted by Gasteiger charge is 2.09. The van der Waals surface area contributed by atoms with Gasteiger partial charge < -0.3 is 10.1 Å². The summed E-state index contributed by atoms with van der Waals surface area (Å²) in [6.45, 7) is 0.488. The standard InChI is InChI=1S/C19H17NO2S/c1-22-17-7-4-6-14(11-17)19(21)20-12-15-5-2-3-8-18(15)16-9-10-23-13-16/h2-11,13H,12H2,1H3,(H,20,21). The van der Waals surface area contributed by atoms with Crippen molar-refractivity contribution in [3.8, 4) is 16.9 Å². The highest BCUT2D eigenvalue weighted by atomic mass is 32.1. The predicted molar refractivity (Wildman–Crippen MR) is 93.9 cm³/mol. The Balaban J connectivity index is 1.75. The molecule has 0 radical (unpaired) electrons. The van der Waals surface area contributed by atoms with E-state index in [1.807, 2.05) is 30.3 Å². The number of benzene rings is 2. The number of carbonyl (C=O) groups is 1. The molecule has 1 heterocycles. The number of hydrogen-bond acceptors (Lipinski definition) is 3. The third kappa shape index (κ3) is 3.60. The number of carbonyl (C=O) groups excluding carboxylic acids is 1. The van der Waals surface area contributed by atoms with Gasteiger partial charge in [-0.05, 0) is 51.7 Å². The summed E-state index contributed by atoms with van der Waals surface area (Å²) in [6, 6.07) is 17.4. The first-order valence-corrected chi connectivity index (χ1v) is 8.25. The number of methoxy groups -OCH3 is 1. The predicted octanol–water partition coefficient (Wildman–Crippen LogP) is 4.35. The molecule has 2 aromatic carbocycles. The Kier molecular flexibility index (Phi) is 4.74. The summed E-state index contributed by atoms with van der Waals surface area (Å²) in [4.78, 5) is 12.3. The van der Waals surface area contributed by atoms with Gasteiger partial charge in [0.2, 0.25) is 0 Å². The molecule has 0 saturated carbocycles. The second-order valence-electron chi connectivity index (χ2n) is 5.08. The summed E-state index contributed by atoms with van der Waals surface area (Å²) in [6.07, 6.45) is 0. The van der Waals surface area contributed by atoms with Crippen LogP contribution in [-0.4, -0.2) is 13.0 Å². The third-order valence-corrected chi connectivity index (χ3v) is 4.30. The van der Waals surface area contributed by atoms with E-state index in [9.17, 15) is 4.79 Å². The van der Waals surface area contributed by atoms with Crippen molar-refractivity contribution in [1.82, 2.24) is 5.32 Å². The summed E-state index contributed by atoms with van der Waals surface area (Å²) in [5, 5.41) is 7.15. The second kappa shape index (κ2) is 7.11. The van der Waals surface area contributed by atoms with Gasteiger partial charge in [-0.1, -0.05) is 30.3 Å². The number of rotatable bonds is 5. The van der Waals surface area contributed by atoms with Gasteiger partial charge in [-0.2, -0.15) is 11.3 Å². The topological polar surface area (TPSA) is 38.3 Å². The van der Waals surface area contributed by atoms with E-state index in [1.54, 1.807) is 30.6 Å². The first-order valence-electron chi connectivity index (χ1n) is 7.30. The highest BCUT2D eigenvalue weighted by Crippen LogP contribution is 2.25. The van der Waals surface area contributed by atoms with Crippen LogP contribution in [0.5, 0.6) is 5.75 Å². The summed E-state index contributed by atoms with van der Waals surface area (Å²) in [5.41, 5.74) is 4.03. The van der Waals surface area contributed by atoms with E-state index in [1.165, 1.54) is 5.56 Å². The van der Waals surface area contributed by atoms with Crippen molar-refractivity contribution in [3.63, 3.8) is 0 Å². The van der Waals surface area contributed by atoms with Crippen LogP contribution in [0.1, 0.15) is 15.9 Å². The molecule has 1 amide bonds. The molecule has 0 fully saturated rings. The molecule has 3 nitrogen and oxygen atoms in total. The summed E-state index contributed by atoms with van der Waals surface area (Å²) in [5.74, 6) is 0.570. The van der Waals surface area contributed by atoms with Crippen LogP contribution in [0.25, 0.3) is 11.1 Å². The van der Waals surface area contributed by atoms with Crippen molar-refractivity contribution in [2.75, 3.05) is 7.11 Å². The van der Waals surface area contributed by atoms with Gasteiger partial charge >= 0.3 is 0 Å². The SMILES string of the molecule is COc1cccc(C(=O)NCc2ccccc2-c2ccsc2)c1. The molecule has 23 heavy (non-hydrogen) atoms. The van der Waals surface area contributed by atoms with Gasteiger partial charge in [0.1, 0.15) is 5.75 Å². The average molecular weight is 323 g/mol.